The predicted molar refractivity (Wildman–Crippen MR) is 119 cm³/mol. The summed E-state index contributed by atoms with van der Waals surface area (Å²) in [5.41, 5.74) is 1.44. The molecule has 9 heteroatoms. The Hall–Kier alpha value is -2.74. The molecule has 2 aromatic heterocycles. The Labute approximate surface area is 187 Å². The summed E-state index contributed by atoms with van der Waals surface area (Å²) in [6.45, 7) is 0.456. The highest BCUT2D eigenvalue weighted by Crippen LogP contribution is 2.27. The molecule has 6 nitrogen and oxygen atoms in total. The lowest BCUT2D eigenvalue weighted by Crippen LogP contribution is -2.15. The number of nitrogens with zero attached hydrogens (tertiary/aromatic N) is 3. The van der Waals surface area contributed by atoms with Crippen molar-refractivity contribution < 1.29 is 9.21 Å². The maximum absolute atomic E-state index is 12.4. The van der Waals surface area contributed by atoms with Gasteiger partial charge in [-0.15, -0.1) is 10.2 Å². The van der Waals surface area contributed by atoms with Crippen molar-refractivity contribution >= 4 is 46.6 Å². The number of furan rings is 1. The van der Waals surface area contributed by atoms with Crippen LogP contribution in [0.1, 0.15) is 5.76 Å². The molecule has 0 aliphatic carbocycles. The largest absolute Gasteiger partial charge is 0.467 e. The van der Waals surface area contributed by atoms with Gasteiger partial charge in [-0.05, 0) is 30.3 Å². The van der Waals surface area contributed by atoms with Gasteiger partial charge in [0.1, 0.15) is 5.76 Å². The Bertz CT molecular complexity index is 1150. The number of carbonyl (C=O) groups is 1. The van der Waals surface area contributed by atoms with E-state index in [0.29, 0.717) is 33.3 Å². The summed E-state index contributed by atoms with van der Waals surface area (Å²) >= 11 is 13.3. The summed E-state index contributed by atoms with van der Waals surface area (Å²) < 4.78 is 7.42. The number of anilines is 1. The molecule has 0 fully saturated rings. The lowest BCUT2D eigenvalue weighted by atomic mass is 10.2. The third-order valence-electron chi connectivity index (χ3n) is 4.18. The molecule has 0 saturated heterocycles. The lowest BCUT2D eigenvalue weighted by Gasteiger charge is -2.10. The molecule has 0 unspecified atom stereocenters. The van der Waals surface area contributed by atoms with Crippen molar-refractivity contribution in [2.24, 2.45) is 0 Å². The molecule has 0 aliphatic heterocycles. The van der Waals surface area contributed by atoms with Crippen molar-refractivity contribution in [1.29, 1.82) is 0 Å². The van der Waals surface area contributed by atoms with Gasteiger partial charge in [0, 0.05) is 10.6 Å². The third kappa shape index (κ3) is 4.87. The minimum atomic E-state index is -0.210. The Morgan fingerprint density at radius 1 is 1.07 bits per heavy atom. The predicted octanol–water partition coefficient (Wildman–Crippen LogP) is 5.62. The Morgan fingerprint density at radius 3 is 2.63 bits per heavy atom. The first-order valence-corrected chi connectivity index (χ1v) is 10.7. The van der Waals surface area contributed by atoms with E-state index in [9.17, 15) is 4.79 Å². The van der Waals surface area contributed by atoms with Crippen LogP contribution in [0.2, 0.25) is 10.0 Å². The Morgan fingerprint density at radius 2 is 1.90 bits per heavy atom. The maximum Gasteiger partial charge on any atom is 0.234 e. The summed E-state index contributed by atoms with van der Waals surface area (Å²) in [5, 5.41) is 12.9. The minimum Gasteiger partial charge on any atom is -0.467 e. The first-order valence-electron chi connectivity index (χ1n) is 8.99. The zero-order valence-corrected chi connectivity index (χ0v) is 17.9. The fourth-order valence-corrected chi connectivity index (χ4v) is 4.00. The van der Waals surface area contributed by atoms with E-state index < -0.39 is 0 Å². The smallest absolute Gasteiger partial charge is 0.234 e. The average Bonchev–Trinajstić information content (AvgIpc) is 3.40. The highest BCUT2D eigenvalue weighted by Gasteiger charge is 2.17. The molecule has 0 spiro atoms. The number of hydrogen-bond donors (Lipinski definition) is 1. The fraction of sp³-hybridized carbons (Fsp3) is 0.0952. The van der Waals surface area contributed by atoms with Crippen molar-refractivity contribution in [1.82, 2.24) is 14.8 Å². The van der Waals surface area contributed by atoms with E-state index in [1.807, 2.05) is 47.0 Å². The van der Waals surface area contributed by atoms with Gasteiger partial charge in [-0.1, -0.05) is 65.3 Å². The molecule has 2 heterocycles. The zero-order valence-electron chi connectivity index (χ0n) is 15.6. The van der Waals surface area contributed by atoms with Crippen molar-refractivity contribution in [2.75, 3.05) is 11.1 Å². The van der Waals surface area contributed by atoms with Crippen molar-refractivity contribution in [2.45, 2.75) is 11.7 Å². The first-order chi connectivity index (χ1) is 14.6. The normalized spacial score (nSPS) is 10.9. The van der Waals surface area contributed by atoms with Gasteiger partial charge in [-0.2, -0.15) is 0 Å². The number of carbonyl (C=O) groups excluding carboxylic acids is 1. The summed E-state index contributed by atoms with van der Waals surface area (Å²) in [6, 6.07) is 18.4. The van der Waals surface area contributed by atoms with Crippen molar-refractivity contribution in [3.05, 3.63) is 82.7 Å². The molecule has 152 valence electrons. The molecule has 4 aromatic rings. The van der Waals surface area contributed by atoms with Crippen LogP contribution >= 0.6 is 35.0 Å². The monoisotopic (exact) mass is 458 g/mol. The van der Waals surface area contributed by atoms with Crippen LogP contribution in [0.3, 0.4) is 0 Å². The van der Waals surface area contributed by atoms with E-state index in [4.69, 9.17) is 27.6 Å². The quantitative estimate of drug-likeness (QED) is 0.363. The molecular weight excluding hydrogens is 443 g/mol. The van der Waals surface area contributed by atoms with Crippen LogP contribution < -0.4 is 5.32 Å². The number of nitrogens with one attached hydrogen (secondary N) is 1. The highest BCUT2D eigenvalue weighted by atomic mass is 35.5. The van der Waals surface area contributed by atoms with Crippen LogP contribution in [-0.2, 0) is 11.3 Å². The summed E-state index contributed by atoms with van der Waals surface area (Å²) in [6.07, 6.45) is 1.62. The molecule has 0 radical (unpaired) electrons. The van der Waals surface area contributed by atoms with Crippen molar-refractivity contribution in [3.63, 3.8) is 0 Å². The number of rotatable bonds is 7. The molecule has 1 amide bonds. The van der Waals surface area contributed by atoms with Gasteiger partial charge in [0.2, 0.25) is 5.91 Å². The highest BCUT2D eigenvalue weighted by molar-refractivity contribution is 7.99. The minimum absolute atomic E-state index is 0.143. The molecule has 1 N–H and O–H groups in total. The van der Waals surface area contributed by atoms with E-state index in [2.05, 4.69) is 15.5 Å². The van der Waals surface area contributed by atoms with Crippen molar-refractivity contribution in [3.8, 4) is 11.4 Å². The fourth-order valence-electron chi connectivity index (χ4n) is 2.80. The first kappa shape index (κ1) is 20.5. The topological polar surface area (TPSA) is 73.0 Å². The number of halogens is 2. The number of benzene rings is 2. The van der Waals surface area contributed by atoms with Gasteiger partial charge in [0.05, 0.1) is 29.3 Å². The van der Waals surface area contributed by atoms with E-state index >= 15 is 0 Å². The summed E-state index contributed by atoms with van der Waals surface area (Å²) in [5.74, 6) is 1.41. The van der Waals surface area contributed by atoms with Crippen LogP contribution in [0.4, 0.5) is 5.69 Å². The second-order valence-corrected chi connectivity index (χ2v) is 8.08. The van der Waals surface area contributed by atoms with Crippen LogP contribution in [0, 0.1) is 0 Å². The molecule has 0 aliphatic rings. The molecule has 0 atom stereocenters. The third-order valence-corrected chi connectivity index (χ3v) is 5.70. The SMILES string of the molecule is O=C(CSc1nnc(-c2ccccc2)n1Cc1ccco1)Nc1ccc(Cl)cc1Cl. The average molecular weight is 459 g/mol. The van der Waals surface area contributed by atoms with Gasteiger partial charge in [0.15, 0.2) is 11.0 Å². The van der Waals surface area contributed by atoms with Gasteiger partial charge >= 0.3 is 0 Å². The molecular formula is C21H16Cl2N4O2S. The second-order valence-electron chi connectivity index (χ2n) is 6.30. The lowest BCUT2D eigenvalue weighted by molar-refractivity contribution is -0.113. The van der Waals surface area contributed by atoms with Crippen LogP contribution in [-0.4, -0.2) is 26.4 Å². The number of aromatic nitrogens is 3. The number of hydrogen-bond acceptors (Lipinski definition) is 5. The standard InChI is InChI=1S/C21H16Cl2N4O2S/c22-15-8-9-18(17(23)11-15)24-19(28)13-30-21-26-25-20(14-5-2-1-3-6-14)27(21)12-16-7-4-10-29-16/h1-11H,12-13H2,(H,24,28). The van der Waals surface area contributed by atoms with E-state index in [1.54, 1.807) is 24.5 Å². The van der Waals surface area contributed by atoms with Crippen LogP contribution in [0.15, 0.2) is 76.5 Å². The van der Waals surface area contributed by atoms with Gasteiger partial charge in [0.25, 0.3) is 0 Å². The molecule has 0 saturated carbocycles. The van der Waals surface area contributed by atoms with Gasteiger partial charge < -0.3 is 9.73 Å². The van der Waals surface area contributed by atoms with Gasteiger partial charge in [-0.3, -0.25) is 9.36 Å². The molecule has 2 aromatic carbocycles. The second kappa shape index (κ2) is 9.38. The molecule has 30 heavy (non-hydrogen) atoms. The van der Waals surface area contributed by atoms with Gasteiger partial charge in [-0.25, -0.2) is 0 Å². The molecule has 0 bridgehead atoms. The molecule has 4 rings (SSSR count). The Kier molecular flexibility index (Phi) is 6.42. The Balaban J connectivity index is 1.52. The number of thioether (sulfide) groups is 1. The number of amides is 1. The van der Waals surface area contributed by atoms with Crippen LogP contribution in [0.25, 0.3) is 11.4 Å². The summed E-state index contributed by atoms with van der Waals surface area (Å²) in [7, 11) is 0. The zero-order chi connectivity index (χ0) is 20.9. The maximum atomic E-state index is 12.4. The van der Waals surface area contributed by atoms with E-state index in [1.165, 1.54) is 11.8 Å². The van der Waals surface area contributed by atoms with E-state index in [-0.39, 0.29) is 11.7 Å². The summed E-state index contributed by atoms with van der Waals surface area (Å²) in [4.78, 5) is 12.4. The van der Waals surface area contributed by atoms with Crippen LogP contribution in [0.5, 0.6) is 0 Å². The van der Waals surface area contributed by atoms with E-state index in [0.717, 1.165) is 11.3 Å².